The van der Waals surface area contributed by atoms with E-state index in [1.54, 1.807) is 0 Å². The van der Waals surface area contributed by atoms with Crippen molar-refractivity contribution in [3.8, 4) is 0 Å². The molecule has 1 aromatic rings. The number of aromatic nitrogens is 1. The first-order chi connectivity index (χ1) is 7.45. The Morgan fingerprint density at radius 1 is 1.69 bits per heavy atom. The third-order valence-corrected chi connectivity index (χ3v) is 2.18. The van der Waals surface area contributed by atoms with Crippen LogP contribution in [-0.4, -0.2) is 27.2 Å². The van der Waals surface area contributed by atoms with Crippen molar-refractivity contribution < 1.29 is 10.0 Å². The number of rotatable bonds is 4. The van der Waals surface area contributed by atoms with E-state index in [1.165, 1.54) is 13.0 Å². The molecule has 1 rings (SSSR count). The fourth-order valence-corrected chi connectivity index (χ4v) is 1.29. The van der Waals surface area contributed by atoms with E-state index in [0.29, 0.717) is 5.56 Å². The first-order valence-corrected chi connectivity index (χ1v) is 4.69. The van der Waals surface area contributed by atoms with Gasteiger partial charge in [-0.15, -0.1) is 0 Å². The fraction of sp³-hybridized carbons (Fsp3) is 0.444. The average Bonchev–Trinajstić information content (AvgIpc) is 2.21. The molecule has 0 fully saturated rings. The summed E-state index contributed by atoms with van der Waals surface area (Å²) in [4.78, 5) is 21.5. The monoisotopic (exact) mass is 227 g/mol. The van der Waals surface area contributed by atoms with Crippen LogP contribution in [0.15, 0.2) is 17.1 Å². The minimum absolute atomic E-state index is 0.00584. The van der Waals surface area contributed by atoms with Gasteiger partial charge in [-0.25, -0.2) is 0 Å². The number of nitrogens with two attached hydrogens (primary N) is 1. The van der Waals surface area contributed by atoms with Crippen LogP contribution in [0.25, 0.3) is 0 Å². The molecule has 0 aromatic carbocycles. The topological polar surface area (TPSA) is 111 Å². The molecule has 1 aromatic heterocycles. The molecule has 0 saturated carbocycles. The van der Waals surface area contributed by atoms with Gasteiger partial charge in [-0.2, -0.15) is 0 Å². The van der Waals surface area contributed by atoms with E-state index in [1.807, 2.05) is 0 Å². The Morgan fingerprint density at radius 2 is 2.31 bits per heavy atom. The molecule has 0 spiro atoms. The molecule has 16 heavy (non-hydrogen) atoms. The number of nitro groups is 1. The standard InChI is InChI=1S/C9H13N3O4/c1-6-2-9(14)11(4-7(13)3-10)5-8(6)12(15)16/h2,5,7,13H,3-4,10H2,1H3. The summed E-state index contributed by atoms with van der Waals surface area (Å²) in [5.74, 6) is 0. The van der Waals surface area contributed by atoms with Crippen LogP contribution in [-0.2, 0) is 6.54 Å². The zero-order valence-electron chi connectivity index (χ0n) is 8.79. The smallest absolute Gasteiger partial charge is 0.288 e. The van der Waals surface area contributed by atoms with E-state index in [9.17, 15) is 20.0 Å². The Labute approximate surface area is 91.3 Å². The number of pyridine rings is 1. The van der Waals surface area contributed by atoms with Crippen LogP contribution in [0, 0.1) is 17.0 Å². The van der Waals surface area contributed by atoms with Crippen molar-refractivity contribution in [2.45, 2.75) is 19.6 Å². The molecular formula is C9H13N3O4. The highest BCUT2D eigenvalue weighted by molar-refractivity contribution is 5.35. The number of aliphatic hydroxyl groups is 1. The molecule has 7 nitrogen and oxygen atoms in total. The summed E-state index contributed by atoms with van der Waals surface area (Å²) in [6.45, 7) is 1.44. The summed E-state index contributed by atoms with van der Waals surface area (Å²) in [7, 11) is 0. The van der Waals surface area contributed by atoms with Crippen molar-refractivity contribution >= 4 is 5.69 Å². The predicted molar refractivity (Wildman–Crippen MR) is 57.2 cm³/mol. The molecule has 1 unspecified atom stereocenters. The van der Waals surface area contributed by atoms with E-state index in [-0.39, 0.29) is 18.8 Å². The highest BCUT2D eigenvalue weighted by atomic mass is 16.6. The Hall–Kier alpha value is -1.73. The number of nitrogens with zero attached hydrogens (tertiary/aromatic N) is 2. The molecule has 88 valence electrons. The summed E-state index contributed by atoms with van der Waals surface area (Å²) in [6, 6.07) is 1.17. The van der Waals surface area contributed by atoms with Crippen LogP contribution in [0.5, 0.6) is 0 Å². The van der Waals surface area contributed by atoms with Gasteiger partial charge in [0.2, 0.25) is 0 Å². The lowest BCUT2D eigenvalue weighted by atomic mass is 10.2. The maximum atomic E-state index is 11.5. The minimum atomic E-state index is -0.889. The second-order valence-electron chi connectivity index (χ2n) is 3.48. The van der Waals surface area contributed by atoms with Crippen LogP contribution >= 0.6 is 0 Å². The lowest BCUT2D eigenvalue weighted by Crippen LogP contribution is -2.31. The largest absolute Gasteiger partial charge is 0.390 e. The highest BCUT2D eigenvalue weighted by Crippen LogP contribution is 2.13. The Kier molecular flexibility index (Phi) is 3.75. The Morgan fingerprint density at radius 3 is 2.81 bits per heavy atom. The molecule has 0 aliphatic carbocycles. The van der Waals surface area contributed by atoms with Gasteiger partial charge in [-0.3, -0.25) is 14.9 Å². The average molecular weight is 227 g/mol. The first kappa shape index (κ1) is 12.3. The maximum Gasteiger partial charge on any atom is 0.288 e. The summed E-state index contributed by atoms with van der Waals surface area (Å²) >= 11 is 0. The third kappa shape index (κ3) is 2.65. The lowest BCUT2D eigenvalue weighted by molar-refractivity contribution is -0.386. The Balaban J connectivity index is 3.15. The number of aryl methyl sites for hydroxylation is 1. The molecule has 0 amide bonds. The van der Waals surface area contributed by atoms with Crippen molar-refractivity contribution in [1.82, 2.24) is 4.57 Å². The van der Waals surface area contributed by atoms with Crippen molar-refractivity contribution in [2.24, 2.45) is 5.73 Å². The molecule has 0 bridgehead atoms. The van der Waals surface area contributed by atoms with E-state index >= 15 is 0 Å². The lowest BCUT2D eigenvalue weighted by Gasteiger charge is -2.10. The molecule has 1 heterocycles. The summed E-state index contributed by atoms with van der Waals surface area (Å²) in [6.07, 6.45) is 0.233. The third-order valence-electron chi connectivity index (χ3n) is 2.18. The number of aliphatic hydroxyl groups excluding tert-OH is 1. The van der Waals surface area contributed by atoms with Gasteiger partial charge >= 0.3 is 0 Å². The summed E-state index contributed by atoms with van der Waals surface area (Å²) in [5, 5.41) is 19.9. The van der Waals surface area contributed by atoms with Crippen LogP contribution in [0.4, 0.5) is 5.69 Å². The second-order valence-corrected chi connectivity index (χ2v) is 3.48. The van der Waals surface area contributed by atoms with Gasteiger partial charge in [0.15, 0.2) is 0 Å². The fourth-order valence-electron chi connectivity index (χ4n) is 1.29. The quantitative estimate of drug-likeness (QED) is 0.526. The van der Waals surface area contributed by atoms with Gasteiger partial charge < -0.3 is 15.4 Å². The predicted octanol–water partition coefficient (Wildman–Crippen LogP) is -0.615. The van der Waals surface area contributed by atoms with Gasteiger partial charge in [0.1, 0.15) is 0 Å². The normalized spacial score (nSPS) is 12.4. The van der Waals surface area contributed by atoms with Crippen molar-refractivity contribution in [2.75, 3.05) is 6.54 Å². The Bertz CT molecular complexity index is 455. The molecule has 3 N–H and O–H groups in total. The number of hydrogen-bond donors (Lipinski definition) is 2. The van der Waals surface area contributed by atoms with E-state index in [2.05, 4.69) is 0 Å². The molecular weight excluding hydrogens is 214 g/mol. The molecule has 1 atom stereocenters. The maximum absolute atomic E-state index is 11.5. The van der Waals surface area contributed by atoms with Gasteiger partial charge in [-0.1, -0.05) is 0 Å². The summed E-state index contributed by atoms with van der Waals surface area (Å²) < 4.78 is 1.09. The minimum Gasteiger partial charge on any atom is -0.390 e. The van der Waals surface area contributed by atoms with Gasteiger partial charge in [0.25, 0.3) is 11.2 Å². The second kappa shape index (κ2) is 4.86. The van der Waals surface area contributed by atoms with Gasteiger partial charge in [0, 0.05) is 18.2 Å². The first-order valence-electron chi connectivity index (χ1n) is 4.69. The highest BCUT2D eigenvalue weighted by Gasteiger charge is 2.14. The van der Waals surface area contributed by atoms with Crippen LogP contribution in [0.3, 0.4) is 0 Å². The molecule has 0 saturated heterocycles. The SMILES string of the molecule is Cc1cc(=O)n(CC(O)CN)cc1[N+](=O)[O-]. The molecule has 0 aliphatic rings. The molecule has 0 radical (unpaired) electrons. The van der Waals surface area contributed by atoms with Crippen molar-refractivity contribution in [1.29, 1.82) is 0 Å². The van der Waals surface area contributed by atoms with E-state index in [0.717, 1.165) is 10.8 Å². The van der Waals surface area contributed by atoms with Gasteiger partial charge in [-0.05, 0) is 6.92 Å². The van der Waals surface area contributed by atoms with Crippen molar-refractivity contribution in [3.63, 3.8) is 0 Å². The van der Waals surface area contributed by atoms with E-state index in [4.69, 9.17) is 5.73 Å². The molecule has 7 heteroatoms. The van der Waals surface area contributed by atoms with Crippen LogP contribution in [0.1, 0.15) is 5.56 Å². The number of hydrogen-bond acceptors (Lipinski definition) is 5. The van der Waals surface area contributed by atoms with Gasteiger partial charge in [0.05, 0.1) is 23.8 Å². The summed E-state index contributed by atoms with van der Waals surface area (Å²) in [5.41, 5.74) is 4.96. The van der Waals surface area contributed by atoms with Crippen LogP contribution < -0.4 is 11.3 Å². The van der Waals surface area contributed by atoms with E-state index < -0.39 is 16.6 Å². The molecule has 0 aliphatic heterocycles. The zero-order valence-corrected chi connectivity index (χ0v) is 8.79. The zero-order chi connectivity index (χ0) is 12.3. The van der Waals surface area contributed by atoms with Crippen LogP contribution in [0.2, 0.25) is 0 Å². The van der Waals surface area contributed by atoms with Crippen molar-refractivity contribution in [3.05, 3.63) is 38.3 Å².